The number of hydrogen-bond acceptors (Lipinski definition) is 4. The van der Waals surface area contributed by atoms with E-state index in [1.165, 1.54) is 6.07 Å². The van der Waals surface area contributed by atoms with E-state index in [1.54, 1.807) is 39.8 Å². The standard InChI is InChI=1S/C18H24FNO4/c1-11(20-17(22)24-18(2,3)4)10-23-14-7-13-5-12(9-21)6-15(13)16(19)8-14/h5,7-8,11,21H,6,9-10H2,1-4H3,(H,20,22). The SMILES string of the molecule is CC(COc1cc(F)c2c(c1)C=C(CO)C2)NC(=O)OC(C)(C)C. The summed E-state index contributed by atoms with van der Waals surface area (Å²) >= 11 is 0. The molecule has 1 aromatic carbocycles. The van der Waals surface area contributed by atoms with Gasteiger partial charge in [0.2, 0.25) is 0 Å². The Labute approximate surface area is 141 Å². The number of hydrogen-bond donors (Lipinski definition) is 2. The molecule has 1 aliphatic rings. The molecule has 1 atom stereocenters. The minimum atomic E-state index is -0.565. The quantitative estimate of drug-likeness (QED) is 0.866. The molecule has 1 unspecified atom stereocenters. The summed E-state index contributed by atoms with van der Waals surface area (Å²) in [6.45, 7) is 7.24. The van der Waals surface area contributed by atoms with Crippen molar-refractivity contribution >= 4 is 12.2 Å². The molecule has 0 saturated carbocycles. The van der Waals surface area contributed by atoms with Crippen molar-refractivity contribution in [2.75, 3.05) is 13.2 Å². The molecule has 0 fully saturated rings. The first-order valence-electron chi connectivity index (χ1n) is 7.93. The number of aliphatic hydroxyl groups is 1. The Bertz CT molecular complexity index is 649. The molecule has 0 radical (unpaired) electrons. The molecule has 0 saturated heterocycles. The predicted molar refractivity (Wildman–Crippen MR) is 89.5 cm³/mol. The third-order valence-corrected chi connectivity index (χ3v) is 3.43. The number of halogens is 1. The van der Waals surface area contributed by atoms with Crippen molar-refractivity contribution in [2.45, 2.75) is 45.8 Å². The molecule has 0 bridgehead atoms. The molecule has 132 valence electrons. The number of alkyl carbamates (subject to hydrolysis) is 1. The van der Waals surface area contributed by atoms with Crippen LogP contribution >= 0.6 is 0 Å². The average Bonchev–Trinajstić information content (AvgIpc) is 2.86. The van der Waals surface area contributed by atoms with Crippen LogP contribution in [0.1, 0.15) is 38.8 Å². The summed E-state index contributed by atoms with van der Waals surface area (Å²) in [4.78, 5) is 11.7. The minimum Gasteiger partial charge on any atom is -0.491 e. The van der Waals surface area contributed by atoms with Crippen molar-refractivity contribution in [1.82, 2.24) is 5.32 Å². The normalized spacial score (nSPS) is 14.7. The first-order valence-corrected chi connectivity index (χ1v) is 7.93. The van der Waals surface area contributed by atoms with Crippen LogP contribution in [0.25, 0.3) is 6.08 Å². The third-order valence-electron chi connectivity index (χ3n) is 3.43. The third kappa shape index (κ3) is 4.96. The maximum atomic E-state index is 14.1. The van der Waals surface area contributed by atoms with Crippen LogP contribution in [-0.4, -0.2) is 36.1 Å². The zero-order valence-corrected chi connectivity index (χ0v) is 14.5. The lowest BCUT2D eigenvalue weighted by Crippen LogP contribution is -2.40. The molecule has 1 amide bonds. The zero-order valence-electron chi connectivity index (χ0n) is 14.5. The fourth-order valence-corrected chi connectivity index (χ4v) is 2.40. The van der Waals surface area contributed by atoms with Crippen molar-refractivity contribution in [1.29, 1.82) is 0 Å². The van der Waals surface area contributed by atoms with Crippen molar-refractivity contribution < 1.29 is 23.8 Å². The average molecular weight is 337 g/mol. The summed E-state index contributed by atoms with van der Waals surface area (Å²) in [6, 6.07) is 2.77. The van der Waals surface area contributed by atoms with Crippen LogP contribution in [0.3, 0.4) is 0 Å². The van der Waals surface area contributed by atoms with Gasteiger partial charge in [-0.25, -0.2) is 9.18 Å². The van der Waals surface area contributed by atoms with Gasteiger partial charge in [-0.15, -0.1) is 0 Å². The van der Waals surface area contributed by atoms with Gasteiger partial charge in [0.1, 0.15) is 23.8 Å². The Morgan fingerprint density at radius 3 is 2.75 bits per heavy atom. The lowest BCUT2D eigenvalue weighted by Gasteiger charge is -2.22. The van der Waals surface area contributed by atoms with E-state index >= 15 is 0 Å². The topological polar surface area (TPSA) is 67.8 Å². The van der Waals surface area contributed by atoms with Crippen LogP contribution in [-0.2, 0) is 11.2 Å². The van der Waals surface area contributed by atoms with E-state index < -0.39 is 11.7 Å². The number of carbonyl (C=O) groups excluding carboxylic acids is 1. The number of rotatable bonds is 5. The highest BCUT2D eigenvalue weighted by molar-refractivity contribution is 5.68. The summed E-state index contributed by atoms with van der Waals surface area (Å²) in [5.41, 5.74) is 1.51. The molecule has 0 heterocycles. The second-order valence-corrected chi connectivity index (χ2v) is 6.97. The summed E-state index contributed by atoms with van der Waals surface area (Å²) in [5, 5.41) is 11.8. The van der Waals surface area contributed by atoms with Crippen LogP contribution < -0.4 is 10.1 Å². The van der Waals surface area contributed by atoms with E-state index in [0.29, 0.717) is 17.7 Å². The lowest BCUT2D eigenvalue weighted by molar-refractivity contribution is 0.0494. The van der Waals surface area contributed by atoms with E-state index in [4.69, 9.17) is 14.6 Å². The summed E-state index contributed by atoms with van der Waals surface area (Å²) in [5.74, 6) is 0.0366. The van der Waals surface area contributed by atoms with E-state index in [1.807, 2.05) is 0 Å². The number of aliphatic hydroxyl groups excluding tert-OH is 1. The molecule has 2 N–H and O–H groups in total. The van der Waals surface area contributed by atoms with Gasteiger partial charge in [0.05, 0.1) is 12.6 Å². The first-order chi connectivity index (χ1) is 11.2. The van der Waals surface area contributed by atoms with Gasteiger partial charge in [0.25, 0.3) is 0 Å². The van der Waals surface area contributed by atoms with E-state index in [-0.39, 0.29) is 25.1 Å². The molecule has 1 aromatic rings. The molecule has 0 aliphatic heterocycles. The maximum Gasteiger partial charge on any atom is 0.407 e. The highest BCUT2D eigenvalue weighted by Crippen LogP contribution is 2.31. The molecular weight excluding hydrogens is 313 g/mol. The van der Waals surface area contributed by atoms with E-state index in [9.17, 15) is 9.18 Å². The number of ether oxygens (including phenoxy) is 2. The first kappa shape index (κ1) is 18.3. The van der Waals surface area contributed by atoms with Gasteiger partial charge in [-0.2, -0.15) is 0 Å². The Balaban J connectivity index is 1.92. The lowest BCUT2D eigenvalue weighted by atomic mass is 10.1. The van der Waals surface area contributed by atoms with Crippen molar-refractivity contribution in [3.63, 3.8) is 0 Å². The minimum absolute atomic E-state index is 0.0822. The molecule has 0 aromatic heterocycles. The second-order valence-electron chi connectivity index (χ2n) is 6.97. The molecule has 5 nitrogen and oxygen atoms in total. The number of fused-ring (bicyclic) bond motifs is 1. The van der Waals surface area contributed by atoms with Gasteiger partial charge < -0.3 is 19.9 Å². The van der Waals surface area contributed by atoms with Gasteiger partial charge >= 0.3 is 6.09 Å². The Morgan fingerprint density at radius 2 is 2.12 bits per heavy atom. The van der Waals surface area contributed by atoms with Crippen molar-refractivity contribution in [2.24, 2.45) is 0 Å². The molecular formula is C18H24FNO4. The summed E-state index contributed by atoms with van der Waals surface area (Å²) in [6.07, 6.45) is 1.68. The monoisotopic (exact) mass is 337 g/mol. The maximum absolute atomic E-state index is 14.1. The van der Waals surface area contributed by atoms with Gasteiger partial charge in [-0.3, -0.25) is 0 Å². The van der Waals surface area contributed by atoms with E-state index in [0.717, 1.165) is 11.1 Å². The van der Waals surface area contributed by atoms with Crippen LogP contribution in [0.5, 0.6) is 5.75 Å². The molecule has 24 heavy (non-hydrogen) atoms. The Morgan fingerprint density at radius 1 is 1.42 bits per heavy atom. The molecule has 1 aliphatic carbocycles. The van der Waals surface area contributed by atoms with Gasteiger partial charge in [0.15, 0.2) is 0 Å². The highest BCUT2D eigenvalue weighted by Gasteiger charge is 2.20. The van der Waals surface area contributed by atoms with Gasteiger partial charge in [-0.1, -0.05) is 6.08 Å². The number of amides is 1. The van der Waals surface area contributed by atoms with Crippen molar-refractivity contribution in [3.8, 4) is 5.75 Å². The summed E-state index contributed by atoms with van der Waals surface area (Å²) in [7, 11) is 0. The smallest absolute Gasteiger partial charge is 0.407 e. The zero-order chi connectivity index (χ0) is 17.9. The van der Waals surface area contributed by atoms with Gasteiger partial charge in [-0.05, 0) is 56.9 Å². The molecule has 0 spiro atoms. The number of nitrogens with one attached hydrogen (secondary N) is 1. The predicted octanol–water partition coefficient (Wildman–Crippen LogP) is 3.05. The van der Waals surface area contributed by atoms with Crippen LogP contribution in [0, 0.1) is 5.82 Å². The van der Waals surface area contributed by atoms with Gasteiger partial charge in [0, 0.05) is 6.07 Å². The van der Waals surface area contributed by atoms with Crippen LogP contribution in [0.4, 0.5) is 9.18 Å². The number of benzene rings is 1. The van der Waals surface area contributed by atoms with E-state index in [2.05, 4.69) is 5.32 Å². The van der Waals surface area contributed by atoms with Crippen LogP contribution in [0.2, 0.25) is 0 Å². The Kier molecular flexibility index (Phi) is 5.49. The number of carbonyl (C=O) groups is 1. The Hall–Kier alpha value is -2.08. The highest BCUT2D eigenvalue weighted by atomic mass is 19.1. The molecule has 2 rings (SSSR count). The fraction of sp³-hybridized carbons (Fsp3) is 0.500. The largest absolute Gasteiger partial charge is 0.491 e. The molecule has 6 heteroatoms. The summed E-state index contributed by atoms with van der Waals surface area (Å²) < 4.78 is 24.8. The fourth-order valence-electron chi connectivity index (χ4n) is 2.40. The van der Waals surface area contributed by atoms with Crippen molar-refractivity contribution in [3.05, 3.63) is 34.6 Å². The van der Waals surface area contributed by atoms with Crippen LogP contribution in [0.15, 0.2) is 17.7 Å². The second kappa shape index (κ2) is 7.21.